The molecule has 4 heteroatoms. The Morgan fingerprint density at radius 3 is 2.71 bits per heavy atom. The van der Waals surface area contributed by atoms with Crippen LogP contribution in [0.5, 0.6) is 5.75 Å². The smallest absolute Gasteiger partial charge is 0.141 e. The number of aromatic hydroxyl groups is 1. The average molecular weight is 321 g/mol. The highest BCUT2D eigenvalue weighted by Crippen LogP contribution is 2.23. The van der Waals surface area contributed by atoms with Crippen LogP contribution in [-0.2, 0) is 13.1 Å². The summed E-state index contributed by atoms with van der Waals surface area (Å²) in [6.07, 6.45) is 4.78. The highest BCUT2D eigenvalue weighted by atomic mass is 16.3. The molecule has 0 aliphatic carbocycles. The number of hydrogen-bond donors (Lipinski definition) is 1. The summed E-state index contributed by atoms with van der Waals surface area (Å²) in [7, 11) is 0. The lowest BCUT2D eigenvalue weighted by molar-refractivity contribution is 0.184. The van der Waals surface area contributed by atoms with E-state index in [1.807, 2.05) is 36.5 Å². The molecule has 1 aromatic carbocycles. The second-order valence-corrected chi connectivity index (χ2v) is 6.17. The van der Waals surface area contributed by atoms with Gasteiger partial charge in [-0.15, -0.1) is 0 Å². The summed E-state index contributed by atoms with van der Waals surface area (Å²) in [5.74, 6) is 0.233. The summed E-state index contributed by atoms with van der Waals surface area (Å²) in [6, 6.07) is 14.1. The maximum Gasteiger partial charge on any atom is 0.141 e. The number of phenolic OH excluding ortho intramolecular Hbond substituents is 1. The monoisotopic (exact) mass is 321 g/mol. The standard InChI is InChI=1S/C20H23N3O/c1-3-15(2)23(13-16-6-5-11-21-12-16)14-18-10-9-17-7-4-8-19(24)20(17)22-18/h4-12,15,24H,3,13-14H2,1-2H3/t15-/m0/s1. The lowest BCUT2D eigenvalue weighted by atomic mass is 10.1. The van der Waals surface area contributed by atoms with E-state index in [1.54, 1.807) is 12.3 Å². The summed E-state index contributed by atoms with van der Waals surface area (Å²) in [6.45, 7) is 6.01. The molecule has 3 rings (SSSR count). The van der Waals surface area contributed by atoms with E-state index in [0.717, 1.165) is 30.6 Å². The van der Waals surface area contributed by atoms with Crippen molar-refractivity contribution in [2.45, 2.75) is 39.4 Å². The van der Waals surface area contributed by atoms with Gasteiger partial charge in [-0.25, -0.2) is 4.98 Å². The van der Waals surface area contributed by atoms with Gasteiger partial charge in [0.15, 0.2) is 0 Å². The molecule has 24 heavy (non-hydrogen) atoms. The lowest BCUT2D eigenvalue weighted by Crippen LogP contribution is -2.32. The number of benzene rings is 1. The minimum atomic E-state index is 0.233. The number of hydrogen-bond acceptors (Lipinski definition) is 4. The van der Waals surface area contributed by atoms with Crippen LogP contribution < -0.4 is 0 Å². The molecule has 0 aliphatic rings. The van der Waals surface area contributed by atoms with E-state index in [4.69, 9.17) is 0 Å². The highest BCUT2D eigenvalue weighted by molar-refractivity contribution is 5.84. The van der Waals surface area contributed by atoms with Crippen LogP contribution >= 0.6 is 0 Å². The predicted octanol–water partition coefficient (Wildman–Crippen LogP) is 4.14. The van der Waals surface area contributed by atoms with Crippen molar-refractivity contribution < 1.29 is 5.11 Å². The van der Waals surface area contributed by atoms with Crippen molar-refractivity contribution in [2.24, 2.45) is 0 Å². The van der Waals surface area contributed by atoms with E-state index in [9.17, 15) is 5.11 Å². The van der Waals surface area contributed by atoms with Crippen LogP contribution in [-0.4, -0.2) is 26.0 Å². The van der Waals surface area contributed by atoms with Crippen molar-refractivity contribution >= 4 is 10.9 Å². The number of nitrogens with zero attached hydrogens (tertiary/aromatic N) is 3. The summed E-state index contributed by atoms with van der Waals surface area (Å²) < 4.78 is 0. The van der Waals surface area contributed by atoms with Crippen LogP contribution in [0.1, 0.15) is 31.5 Å². The van der Waals surface area contributed by atoms with Crippen LogP contribution in [0, 0.1) is 0 Å². The van der Waals surface area contributed by atoms with Gasteiger partial charge in [0, 0.05) is 36.9 Å². The molecule has 0 spiro atoms. The number of pyridine rings is 2. The Morgan fingerprint density at radius 2 is 1.96 bits per heavy atom. The van der Waals surface area contributed by atoms with E-state index in [0.29, 0.717) is 11.6 Å². The van der Waals surface area contributed by atoms with Crippen LogP contribution in [0.4, 0.5) is 0 Å². The molecule has 0 saturated carbocycles. The molecule has 3 aromatic rings. The van der Waals surface area contributed by atoms with Crippen molar-refractivity contribution in [3.05, 3.63) is 66.1 Å². The Labute approximate surface area is 142 Å². The van der Waals surface area contributed by atoms with E-state index in [-0.39, 0.29) is 5.75 Å². The van der Waals surface area contributed by atoms with Gasteiger partial charge in [0.1, 0.15) is 11.3 Å². The maximum atomic E-state index is 10.0. The Bertz CT molecular complexity index is 804. The molecule has 0 amide bonds. The van der Waals surface area contributed by atoms with E-state index in [1.165, 1.54) is 5.56 Å². The Morgan fingerprint density at radius 1 is 1.08 bits per heavy atom. The zero-order chi connectivity index (χ0) is 16.9. The maximum absolute atomic E-state index is 10.0. The second kappa shape index (κ2) is 7.41. The van der Waals surface area contributed by atoms with Gasteiger partial charge in [-0.2, -0.15) is 0 Å². The zero-order valence-corrected chi connectivity index (χ0v) is 14.2. The average Bonchev–Trinajstić information content (AvgIpc) is 2.62. The number of fused-ring (bicyclic) bond motifs is 1. The second-order valence-electron chi connectivity index (χ2n) is 6.17. The Balaban J connectivity index is 1.85. The van der Waals surface area contributed by atoms with Crippen molar-refractivity contribution in [2.75, 3.05) is 0 Å². The van der Waals surface area contributed by atoms with E-state index < -0.39 is 0 Å². The van der Waals surface area contributed by atoms with Crippen molar-refractivity contribution in [1.82, 2.24) is 14.9 Å². The van der Waals surface area contributed by atoms with Gasteiger partial charge in [0.25, 0.3) is 0 Å². The molecular weight excluding hydrogens is 298 g/mol. The van der Waals surface area contributed by atoms with Crippen LogP contribution in [0.15, 0.2) is 54.9 Å². The molecule has 0 fully saturated rings. The summed E-state index contributed by atoms with van der Waals surface area (Å²) in [5, 5.41) is 11.0. The largest absolute Gasteiger partial charge is 0.506 e. The van der Waals surface area contributed by atoms with Gasteiger partial charge in [0.05, 0.1) is 5.69 Å². The van der Waals surface area contributed by atoms with Gasteiger partial charge in [-0.3, -0.25) is 9.88 Å². The van der Waals surface area contributed by atoms with Crippen molar-refractivity contribution in [1.29, 1.82) is 0 Å². The van der Waals surface area contributed by atoms with E-state index >= 15 is 0 Å². The molecule has 4 nitrogen and oxygen atoms in total. The van der Waals surface area contributed by atoms with Gasteiger partial charge in [0.2, 0.25) is 0 Å². The molecule has 0 bridgehead atoms. The first-order valence-electron chi connectivity index (χ1n) is 8.38. The first kappa shape index (κ1) is 16.4. The highest BCUT2D eigenvalue weighted by Gasteiger charge is 2.15. The summed E-state index contributed by atoms with van der Waals surface area (Å²) >= 11 is 0. The van der Waals surface area contributed by atoms with Crippen molar-refractivity contribution in [3.63, 3.8) is 0 Å². The normalized spacial score (nSPS) is 12.6. The third-order valence-electron chi connectivity index (χ3n) is 4.44. The molecule has 0 unspecified atom stereocenters. The fourth-order valence-electron chi connectivity index (χ4n) is 2.82. The molecular formula is C20H23N3O. The van der Waals surface area contributed by atoms with Crippen LogP contribution in [0.25, 0.3) is 10.9 Å². The first-order valence-corrected chi connectivity index (χ1v) is 8.38. The fraction of sp³-hybridized carbons (Fsp3) is 0.300. The van der Waals surface area contributed by atoms with E-state index in [2.05, 4.69) is 34.8 Å². The minimum Gasteiger partial charge on any atom is -0.506 e. The van der Waals surface area contributed by atoms with Crippen molar-refractivity contribution in [3.8, 4) is 5.75 Å². The number of rotatable bonds is 6. The quantitative estimate of drug-likeness (QED) is 0.741. The van der Waals surface area contributed by atoms with Gasteiger partial charge in [-0.1, -0.05) is 31.2 Å². The van der Waals surface area contributed by atoms with Gasteiger partial charge < -0.3 is 5.11 Å². The number of para-hydroxylation sites is 1. The number of phenols is 1. The zero-order valence-electron chi connectivity index (χ0n) is 14.2. The van der Waals surface area contributed by atoms with Gasteiger partial charge in [-0.05, 0) is 37.1 Å². The summed E-state index contributed by atoms with van der Waals surface area (Å²) in [5.41, 5.74) is 2.83. The number of aromatic nitrogens is 2. The Kier molecular flexibility index (Phi) is 5.06. The molecule has 1 atom stereocenters. The lowest BCUT2D eigenvalue weighted by Gasteiger charge is -2.28. The molecule has 2 heterocycles. The van der Waals surface area contributed by atoms with Crippen LogP contribution in [0.2, 0.25) is 0 Å². The van der Waals surface area contributed by atoms with Gasteiger partial charge >= 0.3 is 0 Å². The Hall–Kier alpha value is -2.46. The fourth-order valence-corrected chi connectivity index (χ4v) is 2.82. The molecule has 1 N–H and O–H groups in total. The minimum absolute atomic E-state index is 0.233. The van der Waals surface area contributed by atoms with Crippen LogP contribution in [0.3, 0.4) is 0 Å². The first-order chi connectivity index (χ1) is 11.7. The topological polar surface area (TPSA) is 49.2 Å². The third kappa shape index (κ3) is 3.71. The summed E-state index contributed by atoms with van der Waals surface area (Å²) in [4.78, 5) is 11.3. The molecule has 0 saturated heterocycles. The molecule has 0 aliphatic heterocycles. The SMILES string of the molecule is CC[C@H](C)N(Cc1cccnc1)Cc1ccc2cccc(O)c2n1. The molecule has 0 radical (unpaired) electrons. The molecule has 124 valence electrons. The predicted molar refractivity (Wildman–Crippen MR) is 96.6 cm³/mol. The molecule has 2 aromatic heterocycles. The third-order valence-corrected chi connectivity index (χ3v) is 4.44.